The molecular formula is C25H28N2O5S. The van der Waals surface area contributed by atoms with Gasteiger partial charge in [-0.3, -0.25) is 9.10 Å². The number of methoxy groups -OCH3 is 2. The first kappa shape index (κ1) is 24.1. The summed E-state index contributed by atoms with van der Waals surface area (Å²) in [5, 5.41) is 2.94. The van der Waals surface area contributed by atoms with Crippen molar-refractivity contribution in [1.29, 1.82) is 0 Å². The number of rotatable bonds is 8. The Morgan fingerprint density at radius 1 is 0.939 bits per heavy atom. The summed E-state index contributed by atoms with van der Waals surface area (Å²) < 4.78 is 38.1. The van der Waals surface area contributed by atoms with Crippen LogP contribution in [-0.2, 0) is 10.0 Å². The van der Waals surface area contributed by atoms with Gasteiger partial charge in [0.15, 0.2) is 11.5 Å². The van der Waals surface area contributed by atoms with Crippen molar-refractivity contribution in [3.63, 3.8) is 0 Å². The molecule has 0 saturated heterocycles. The highest BCUT2D eigenvalue weighted by molar-refractivity contribution is 7.92. The molecular weight excluding hydrogens is 440 g/mol. The molecule has 1 amide bonds. The van der Waals surface area contributed by atoms with E-state index >= 15 is 0 Å². The number of aryl methyl sites for hydroxylation is 1. The fourth-order valence-corrected chi connectivity index (χ4v) is 4.63. The Balaban J connectivity index is 1.88. The number of anilines is 1. The summed E-state index contributed by atoms with van der Waals surface area (Å²) in [7, 11) is 0.708. The number of ether oxygens (including phenoxy) is 2. The monoisotopic (exact) mass is 468 g/mol. The van der Waals surface area contributed by atoms with Gasteiger partial charge in [-0.1, -0.05) is 35.9 Å². The number of sulfonamides is 1. The van der Waals surface area contributed by atoms with Crippen LogP contribution < -0.4 is 19.1 Å². The lowest BCUT2D eigenvalue weighted by Gasteiger charge is -2.23. The van der Waals surface area contributed by atoms with Crippen LogP contribution in [0.25, 0.3) is 0 Å². The highest BCUT2D eigenvalue weighted by Gasteiger charge is 2.25. The molecule has 0 saturated carbocycles. The van der Waals surface area contributed by atoms with Crippen LogP contribution >= 0.6 is 0 Å². The minimum atomic E-state index is -3.84. The second-order valence-corrected chi connectivity index (χ2v) is 9.58. The molecule has 1 unspecified atom stereocenters. The van der Waals surface area contributed by atoms with Crippen LogP contribution in [-0.4, -0.2) is 35.6 Å². The van der Waals surface area contributed by atoms with Crippen LogP contribution in [0.3, 0.4) is 0 Å². The van der Waals surface area contributed by atoms with E-state index in [9.17, 15) is 13.2 Å². The summed E-state index contributed by atoms with van der Waals surface area (Å²) in [4.78, 5) is 13.3. The van der Waals surface area contributed by atoms with Gasteiger partial charge in [-0.05, 0) is 55.8 Å². The number of carbonyl (C=O) groups is 1. The average Bonchev–Trinajstić information content (AvgIpc) is 2.83. The van der Waals surface area contributed by atoms with Crippen LogP contribution in [0.2, 0.25) is 0 Å². The van der Waals surface area contributed by atoms with Crippen molar-refractivity contribution in [2.24, 2.45) is 0 Å². The largest absolute Gasteiger partial charge is 0.493 e. The highest BCUT2D eigenvalue weighted by Crippen LogP contribution is 2.31. The number of hydrogen-bond acceptors (Lipinski definition) is 5. The van der Waals surface area contributed by atoms with E-state index in [1.807, 2.05) is 19.9 Å². The molecule has 1 atom stereocenters. The van der Waals surface area contributed by atoms with Gasteiger partial charge in [0.1, 0.15) is 0 Å². The summed E-state index contributed by atoms with van der Waals surface area (Å²) in [5.41, 5.74) is 2.32. The highest BCUT2D eigenvalue weighted by atomic mass is 32.2. The average molecular weight is 469 g/mol. The Morgan fingerprint density at radius 2 is 1.58 bits per heavy atom. The quantitative estimate of drug-likeness (QED) is 0.532. The van der Waals surface area contributed by atoms with Crippen LogP contribution in [0.5, 0.6) is 11.5 Å². The normalized spacial score (nSPS) is 12.0. The van der Waals surface area contributed by atoms with Gasteiger partial charge in [0.25, 0.3) is 15.9 Å². The zero-order valence-corrected chi connectivity index (χ0v) is 20.1. The SMILES string of the molecule is COc1ccc(C(C)NC(=O)c2ccccc2N(C)S(=O)(=O)c2ccc(C)cc2)cc1OC. The molecule has 0 aliphatic rings. The van der Waals surface area contributed by atoms with Crippen molar-refractivity contribution in [2.75, 3.05) is 25.6 Å². The number of benzene rings is 3. The summed E-state index contributed by atoms with van der Waals surface area (Å²) in [6, 6.07) is 18.3. The third kappa shape index (κ3) is 5.12. The maximum absolute atomic E-state index is 13.2. The fraction of sp³-hybridized carbons (Fsp3) is 0.240. The van der Waals surface area contributed by atoms with Crippen LogP contribution in [0.15, 0.2) is 71.6 Å². The van der Waals surface area contributed by atoms with Gasteiger partial charge in [0.2, 0.25) is 0 Å². The van der Waals surface area contributed by atoms with Crippen LogP contribution in [0.4, 0.5) is 5.69 Å². The molecule has 0 aliphatic heterocycles. The number of nitrogens with zero attached hydrogens (tertiary/aromatic N) is 1. The first-order chi connectivity index (χ1) is 15.7. The van der Waals surface area contributed by atoms with E-state index in [1.165, 1.54) is 7.05 Å². The van der Waals surface area contributed by atoms with Gasteiger partial charge in [-0.15, -0.1) is 0 Å². The van der Waals surface area contributed by atoms with E-state index in [0.717, 1.165) is 15.4 Å². The summed E-state index contributed by atoms with van der Waals surface area (Å²) in [6.07, 6.45) is 0. The predicted octanol–water partition coefficient (Wildman–Crippen LogP) is 4.33. The molecule has 7 nitrogen and oxygen atoms in total. The van der Waals surface area contributed by atoms with Crippen molar-refractivity contribution in [3.05, 3.63) is 83.4 Å². The molecule has 3 rings (SSSR count). The molecule has 0 radical (unpaired) electrons. The van der Waals surface area contributed by atoms with E-state index in [-0.39, 0.29) is 28.1 Å². The van der Waals surface area contributed by atoms with E-state index < -0.39 is 10.0 Å². The first-order valence-corrected chi connectivity index (χ1v) is 11.8. The molecule has 33 heavy (non-hydrogen) atoms. The second-order valence-electron chi connectivity index (χ2n) is 7.61. The molecule has 3 aromatic carbocycles. The molecule has 0 aromatic heterocycles. The van der Waals surface area contributed by atoms with Crippen molar-refractivity contribution in [2.45, 2.75) is 24.8 Å². The Hall–Kier alpha value is -3.52. The van der Waals surface area contributed by atoms with Crippen molar-refractivity contribution < 1.29 is 22.7 Å². The molecule has 0 spiro atoms. The summed E-state index contributed by atoms with van der Waals surface area (Å²) in [5.74, 6) is 0.757. The first-order valence-electron chi connectivity index (χ1n) is 10.4. The van der Waals surface area contributed by atoms with Crippen molar-refractivity contribution in [3.8, 4) is 11.5 Å². The molecule has 0 aliphatic carbocycles. The Morgan fingerprint density at radius 3 is 2.21 bits per heavy atom. The number of nitrogens with one attached hydrogen (secondary N) is 1. The number of amides is 1. The maximum Gasteiger partial charge on any atom is 0.264 e. The Kier molecular flexibility index (Phi) is 7.28. The number of para-hydroxylation sites is 1. The standard InChI is InChI=1S/C25H28N2O5S/c1-17-10-13-20(14-11-17)33(29,30)27(3)22-9-7-6-8-21(22)25(28)26-18(2)19-12-15-23(31-4)24(16-19)32-5/h6-16,18H,1-5H3,(H,26,28). The minimum Gasteiger partial charge on any atom is -0.493 e. The van der Waals surface area contributed by atoms with E-state index in [1.54, 1.807) is 74.9 Å². The van der Waals surface area contributed by atoms with Crippen molar-refractivity contribution in [1.82, 2.24) is 5.32 Å². The lowest BCUT2D eigenvalue weighted by atomic mass is 10.1. The smallest absolute Gasteiger partial charge is 0.264 e. The fourth-order valence-electron chi connectivity index (χ4n) is 3.42. The second kappa shape index (κ2) is 9.95. The van der Waals surface area contributed by atoms with Gasteiger partial charge < -0.3 is 14.8 Å². The Bertz CT molecular complexity index is 1240. The predicted molar refractivity (Wildman–Crippen MR) is 129 cm³/mol. The maximum atomic E-state index is 13.2. The van der Waals surface area contributed by atoms with E-state index in [0.29, 0.717) is 11.5 Å². The molecule has 1 N–H and O–H groups in total. The molecule has 174 valence electrons. The van der Waals surface area contributed by atoms with Crippen LogP contribution in [0, 0.1) is 6.92 Å². The Labute approximate surface area is 195 Å². The lowest BCUT2D eigenvalue weighted by Crippen LogP contribution is -2.31. The molecule has 8 heteroatoms. The number of hydrogen-bond donors (Lipinski definition) is 1. The zero-order chi connectivity index (χ0) is 24.2. The van der Waals surface area contributed by atoms with Gasteiger partial charge in [0.05, 0.1) is 36.4 Å². The van der Waals surface area contributed by atoms with E-state index in [4.69, 9.17) is 9.47 Å². The molecule has 0 heterocycles. The zero-order valence-electron chi connectivity index (χ0n) is 19.3. The third-order valence-corrected chi connectivity index (χ3v) is 7.21. The summed E-state index contributed by atoms with van der Waals surface area (Å²) >= 11 is 0. The number of carbonyl (C=O) groups excluding carboxylic acids is 1. The third-order valence-electron chi connectivity index (χ3n) is 5.42. The topological polar surface area (TPSA) is 84.9 Å². The van der Waals surface area contributed by atoms with Crippen molar-refractivity contribution >= 4 is 21.6 Å². The lowest BCUT2D eigenvalue weighted by molar-refractivity contribution is 0.0940. The van der Waals surface area contributed by atoms with Crippen LogP contribution in [0.1, 0.15) is 34.5 Å². The van der Waals surface area contributed by atoms with Gasteiger partial charge in [-0.2, -0.15) is 0 Å². The van der Waals surface area contributed by atoms with Gasteiger partial charge in [0, 0.05) is 7.05 Å². The molecule has 0 fully saturated rings. The molecule has 0 bridgehead atoms. The summed E-state index contributed by atoms with van der Waals surface area (Å²) in [6.45, 7) is 3.73. The van der Waals surface area contributed by atoms with E-state index in [2.05, 4.69) is 5.32 Å². The van der Waals surface area contributed by atoms with Gasteiger partial charge in [-0.25, -0.2) is 8.42 Å². The van der Waals surface area contributed by atoms with Gasteiger partial charge >= 0.3 is 0 Å². The minimum absolute atomic E-state index is 0.157. The molecule has 3 aromatic rings.